The van der Waals surface area contributed by atoms with E-state index in [1.54, 1.807) is 56.8 Å². The molecule has 0 aliphatic heterocycles. The molecular formula is C25H18ClI2N3O4S. The van der Waals surface area contributed by atoms with E-state index in [0.29, 0.717) is 44.8 Å². The monoisotopic (exact) mass is 745 g/mol. The van der Waals surface area contributed by atoms with Crippen LogP contribution in [0.25, 0.3) is 10.9 Å². The summed E-state index contributed by atoms with van der Waals surface area (Å²) in [7, 11) is 3.14. The Kier molecular flexibility index (Phi) is 8.70. The number of hydrogen-bond acceptors (Lipinski definition) is 6. The van der Waals surface area contributed by atoms with Crippen molar-refractivity contribution in [2.45, 2.75) is 0 Å². The highest BCUT2D eigenvalue weighted by Crippen LogP contribution is 2.37. The summed E-state index contributed by atoms with van der Waals surface area (Å²) in [6.45, 7) is 0. The fourth-order valence-electron chi connectivity index (χ4n) is 3.32. The molecule has 0 bridgehead atoms. The van der Waals surface area contributed by atoms with Crippen LogP contribution >= 0.6 is 69.0 Å². The van der Waals surface area contributed by atoms with Crippen molar-refractivity contribution in [2.24, 2.45) is 0 Å². The third kappa shape index (κ3) is 6.10. The molecule has 0 fully saturated rings. The summed E-state index contributed by atoms with van der Waals surface area (Å²) in [5.74, 6) is 1.92. The van der Waals surface area contributed by atoms with Crippen LogP contribution in [0.1, 0.15) is 10.4 Å². The Hall–Kier alpha value is -2.42. The van der Waals surface area contributed by atoms with E-state index in [1.165, 1.54) is 0 Å². The van der Waals surface area contributed by atoms with Gasteiger partial charge in [0.15, 0.2) is 16.6 Å². The lowest BCUT2D eigenvalue weighted by Gasteiger charge is -2.14. The first-order valence-corrected chi connectivity index (χ1v) is 13.3. The predicted octanol–water partition coefficient (Wildman–Crippen LogP) is 7.03. The molecule has 184 valence electrons. The number of ether oxygens (including phenoxy) is 3. The third-order valence-electron chi connectivity index (χ3n) is 5.03. The number of halogens is 3. The summed E-state index contributed by atoms with van der Waals surface area (Å²) in [5.41, 5.74) is 1.75. The number of carbonyl (C=O) groups is 1. The van der Waals surface area contributed by atoms with E-state index in [1.807, 2.05) is 18.2 Å². The van der Waals surface area contributed by atoms with E-state index in [4.69, 9.17) is 38.0 Å². The topological polar surface area (TPSA) is 81.7 Å². The zero-order valence-electron chi connectivity index (χ0n) is 18.9. The van der Waals surface area contributed by atoms with E-state index in [2.05, 4.69) is 60.8 Å². The maximum atomic E-state index is 12.6. The predicted molar refractivity (Wildman–Crippen MR) is 162 cm³/mol. The molecule has 0 aliphatic rings. The van der Waals surface area contributed by atoms with Gasteiger partial charge in [-0.1, -0.05) is 11.6 Å². The fraction of sp³-hybridized carbons (Fsp3) is 0.0800. The van der Waals surface area contributed by atoms with Gasteiger partial charge in [0.05, 0.1) is 36.0 Å². The van der Waals surface area contributed by atoms with Gasteiger partial charge in [-0.05, 0) is 99.9 Å². The molecule has 2 N–H and O–H groups in total. The second kappa shape index (κ2) is 11.8. The van der Waals surface area contributed by atoms with Crippen molar-refractivity contribution in [3.63, 3.8) is 0 Å². The second-order valence-corrected chi connectivity index (χ2v) is 10.5. The third-order valence-corrected chi connectivity index (χ3v) is 7.11. The number of nitrogens with zero attached hydrogens (tertiary/aromatic N) is 1. The van der Waals surface area contributed by atoms with Gasteiger partial charge in [-0.3, -0.25) is 15.1 Å². The van der Waals surface area contributed by atoms with Gasteiger partial charge in [-0.15, -0.1) is 0 Å². The minimum absolute atomic E-state index is 0.131. The number of carbonyl (C=O) groups excluding carboxylic acids is 1. The van der Waals surface area contributed by atoms with Crippen molar-refractivity contribution >= 4 is 96.6 Å². The molecule has 0 unspecified atom stereocenters. The first-order valence-electron chi connectivity index (χ1n) is 10.3. The molecule has 1 heterocycles. The van der Waals surface area contributed by atoms with Gasteiger partial charge in [-0.2, -0.15) is 0 Å². The van der Waals surface area contributed by atoms with Crippen LogP contribution in [-0.2, 0) is 0 Å². The van der Waals surface area contributed by atoms with E-state index in [9.17, 15) is 4.79 Å². The highest BCUT2D eigenvalue weighted by Gasteiger charge is 2.14. The van der Waals surface area contributed by atoms with Gasteiger partial charge < -0.3 is 19.5 Å². The Labute approximate surface area is 245 Å². The first kappa shape index (κ1) is 26.6. The molecule has 11 heteroatoms. The van der Waals surface area contributed by atoms with Crippen molar-refractivity contribution in [1.82, 2.24) is 10.3 Å². The molecule has 0 saturated heterocycles. The van der Waals surface area contributed by atoms with Crippen LogP contribution in [0.2, 0.25) is 5.02 Å². The number of anilines is 1. The van der Waals surface area contributed by atoms with Crippen LogP contribution in [-0.4, -0.2) is 30.2 Å². The SMILES string of the molecule is COc1cc2nccc(Oc3ccc(NC(=S)NC(=O)c4ccc(I)cc4I)c(Cl)c3)c2cc1OC. The lowest BCUT2D eigenvalue weighted by Crippen LogP contribution is -2.34. The molecular weight excluding hydrogens is 728 g/mol. The Morgan fingerprint density at radius 3 is 2.42 bits per heavy atom. The summed E-state index contributed by atoms with van der Waals surface area (Å²) in [4.78, 5) is 17.0. The largest absolute Gasteiger partial charge is 0.493 e. The maximum absolute atomic E-state index is 12.6. The summed E-state index contributed by atoms with van der Waals surface area (Å²) in [5, 5.41) is 6.89. The van der Waals surface area contributed by atoms with Crippen LogP contribution in [0.4, 0.5) is 5.69 Å². The number of benzene rings is 3. The van der Waals surface area contributed by atoms with E-state index >= 15 is 0 Å². The van der Waals surface area contributed by atoms with Gasteiger partial charge in [0.2, 0.25) is 0 Å². The van der Waals surface area contributed by atoms with E-state index in [0.717, 1.165) is 12.5 Å². The average molecular weight is 746 g/mol. The standard InChI is InChI=1S/C25H18ClI2N3O4S/c1-33-22-11-16-20(12-23(22)34-2)29-8-7-21(16)35-14-4-6-19(17(26)10-14)30-25(36)31-24(32)15-5-3-13(27)9-18(15)28/h3-12H,1-2H3,(H2,30,31,32,36). The Morgan fingerprint density at radius 1 is 0.972 bits per heavy atom. The summed E-state index contributed by atoms with van der Waals surface area (Å²) in [6, 6.07) is 16.0. The number of aromatic nitrogens is 1. The number of fused-ring (bicyclic) bond motifs is 1. The minimum atomic E-state index is -0.305. The van der Waals surface area contributed by atoms with Crippen molar-refractivity contribution in [1.29, 1.82) is 0 Å². The number of rotatable bonds is 6. The van der Waals surface area contributed by atoms with Crippen molar-refractivity contribution in [2.75, 3.05) is 19.5 Å². The van der Waals surface area contributed by atoms with Crippen molar-refractivity contribution in [3.05, 3.63) is 78.5 Å². The molecule has 0 radical (unpaired) electrons. The molecule has 4 rings (SSSR count). The van der Waals surface area contributed by atoms with Crippen LogP contribution in [0.3, 0.4) is 0 Å². The van der Waals surface area contributed by atoms with Crippen molar-refractivity contribution < 1.29 is 19.0 Å². The lowest BCUT2D eigenvalue weighted by atomic mass is 10.2. The Bertz CT molecular complexity index is 1490. The number of nitrogens with one attached hydrogen (secondary N) is 2. The lowest BCUT2D eigenvalue weighted by molar-refractivity contribution is 0.0977. The van der Waals surface area contributed by atoms with Crippen molar-refractivity contribution in [3.8, 4) is 23.0 Å². The molecule has 0 atom stereocenters. The molecule has 36 heavy (non-hydrogen) atoms. The molecule has 1 aromatic heterocycles. The summed E-state index contributed by atoms with van der Waals surface area (Å²) in [6.07, 6.45) is 1.65. The maximum Gasteiger partial charge on any atom is 0.258 e. The van der Waals surface area contributed by atoms with Crippen LogP contribution in [0.5, 0.6) is 23.0 Å². The Balaban J connectivity index is 1.49. The molecule has 3 aromatic carbocycles. The quantitative estimate of drug-likeness (QED) is 0.162. The minimum Gasteiger partial charge on any atom is -0.493 e. The van der Waals surface area contributed by atoms with Gasteiger partial charge in [-0.25, -0.2) is 0 Å². The molecule has 0 spiro atoms. The zero-order valence-corrected chi connectivity index (χ0v) is 24.8. The summed E-state index contributed by atoms with van der Waals surface area (Å²) < 4.78 is 18.7. The fourth-order valence-corrected chi connectivity index (χ4v) is 5.59. The molecule has 0 saturated carbocycles. The second-order valence-electron chi connectivity index (χ2n) is 7.31. The zero-order chi connectivity index (χ0) is 25.8. The number of pyridine rings is 1. The van der Waals surface area contributed by atoms with Gasteiger partial charge in [0.1, 0.15) is 11.5 Å². The molecule has 1 amide bonds. The molecule has 4 aromatic rings. The normalized spacial score (nSPS) is 10.6. The molecule has 7 nitrogen and oxygen atoms in total. The van der Waals surface area contributed by atoms with Gasteiger partial charge in [0.25, 0.3) is 5.91 Å². The van der Waals surface area contributed by atoms with Gasteiger partial charge >= 0.3 is 0 Å². The first-order chi connectivity index (χ1) is 17.3. The van der Waals surface area contributed by atoms with Crippen LogP contribution in [0.15, 0.2) is 60.8 Å². The smallest absolute Gasteiger partial charge is 0.258 e. The number of amides is 1. The van der Waals surface area contributed by atoms with Crippen LogP contribution < -0.4 is 24.8 Å². The number of thiocarbonyl (C=S) groups is 1. The van der Waals surface area contributed by atoms with E-state index < -0.39 is 0 Å². The molecule has 0 aliphatic carbocycles. The van der Waals surface area contributed by atoms with E-state index in [-0.39, 0.29) is 11.0 Å². The highest BCUT2D eigenvalue weighted by atomic mass is 127. The highest BCUT2D eigenvalue weighted by molar-refractivity contribution is 14.1. The van der Waals surface area contributed by atoms with Crippen LogP contribution in [0, 0.1) is 7.14 Å². The summed E-state index contributed by atoms with van der Waals surface area (Å²) >= 11 is 16.1. The average Bonchev–Trinajstić information content (AvgIpc) is 2.84. The number of hydrogen-bond donors (Lipinski definition) is 2. The van der Waals surface area contributed by atoms with Gasteiger partial charge in [0, 0.05) is 30.9 Å². The Morgan fingerprint density at radius 2 is 1.72 bits per heavy atom. The number of methoxy groups -OCH3 is 2.